The molecular formula is C45H48O8. The Kier molecular flexibility index (Phi) is 5.85. The van der Waals surface area contributed by atoms with Gasteiger partial charge in [0, 0.05) is 46.9 Å². The Labute approximate surface area is 309 Å². The monoisotopic (exact) mass is 716 g/mol. The van der Waals surface area contributed by atoms with Gasteiger partial charge >= 0.3 is 11.9 Å². The second kappa shape index (κ2) is 9.78. The molecule has 7 saturated carbocycles. The molecule has 8 heteroatoms. The molecular weight excluding hydrogens is 668 g/mol. The highest BCUT2D eigenvalue weighted by atomic mass is 16.5. The third-order valence-electron chi connectivity index (χ3n) is 18.3. The molecule has 0 radical (unpaired) electrons. The van der Waals surface area contributed by atoms with Crippen molar-refractivity contribution < 1.29 is 38.0 Å². The van der Waals surface area contributed by atoms with Crippen LogP contribution in [0.4, 0.5) is 0 Å². The Hall–Kier alpha value is -3.62. The summed E-state index contributed by atoms with van der Waals surface area (Å²) >= 11 is 0. The first-order valence-corrected chi connectivity index (χ1v) is 19.8. The molecule has 276 valence electrons. The van der Waals surface area contributed by atoms with Crippen molar-refractivity contribution in [3.63, 3.8) is 0 Å². The van der Waals surface area contributed by atoms with Crippen molar-refractivity contribution in [2.75, 3.05) is 55.9 Å². The summed E-state index contributed by atoms with van der Waals surface area (Å²) in [4.78, 5) is 29.3. The van der Waals surface area contributed by atoms with Crippen LogP contribution in [0.2, 0.25) is 0 Å². The van der Waals surface area contributed by atoms with Crippen LogP contribution in [0.25, 0.3) is 21.5 Å². The molecule has 0 spiro atoms. The van der Waals surface area contributed by atoms with Gasteiger partial charge in [0.05, 0.1) is 52.5 Å². The Morgan fingerprint density at radius 2 is 1.06 bits per heavy atom. The van der Waals surface area contributed by atoms with Gasteiger partial charge in [0.2, 0.25) is 0 Å². The summed E-state index contributed by atoms with van der Waals surface area (Å²) in [5, 5.41) is 4.55. The van der Waals surface area contributed by atoms with Crippen LogP contribution in [-0.4, -0.2) is 67.8 Å². The van der Waals surface area contributed by atoms with Crippen molar-refractivity contribution in [2.45, 2.75) is 31.1 Å². The average molecular weight is 717 g/mol. The van der Waals surface area contributed by atoms with Gasteiger partial charge in [0.15, 0.2) is 0 Å². The number of methoxy groups -OCH3 is 6. The molecule has 3 aromatic rings. The second-order valence-electron chi connectivity index (χ2n) is 18.3. The van der Waals surface area contributed by atoms with Crippen LogP contribution in [0.15, 0.2) is 48.6 Å². The average Bonchev–Trinajstić information content (AvgIpc) is 4.01. The number of esters is 2. The van der Waals surface area contributed by atoms with Gasteiger partial charge in [-0.05, 0) is 113 Å². The van der Waals surface area contributed by atoms with E-state index in [4.69, 9.17) is 28.4 Å². The SMILES string of the molecule is COC[C@@]12[C@@H]3[C@@H]([C@@H]4C[C@H]3c3c4c(OC)c4cc5ccccc5cc4c3OC)[C@]1(COC)[C@H]1C[C@@H]2[C@H]2[C@@H]1[C@]1(C(=O)OC)[C@@H]3[C@@H]([C@H]4C=C[C@@H]3C4)[C@]21C(=O)OC. The van der Waals surface area contributed by atoms with Gasteiger partial charge in [0.1, 0.15) is 11.5 Å². The van der Waals surface area contributed by atoms with Crippen LogP contribution in [0.5, 0.6) is 11.5 Å². The lowest BCUT2D eigenvalue weighted by molar-refractivity contribution is -0.410. The minimum Gasteiger partial charge on any atom is -0.496 e. The zero-order chi connectivity index (χ0) is 36.1. The van der Waals surface area contributed by atoms with Gasteiger partial charge in [0.25, 0.3) is 0 Å². The summed E-state index contributed by atoms with van der Waals surface area (Å²) in [5.74, 6) is 4.08. The highest BCUT2D eigenvalue weighted by Crippen LogP contribution is 3.00. The van der Waals surface area contributed by atoms with Crippen LogP contribution in [0.1, 0.15) is 42.2 Å². The van der Waals surface area contributed by atoms with Crippen molar-refractivity contribution >= 4 is 33.5 Å². The molecule has 16 atom stereocenters. The van der Waals surface area contributed by atoms with E-state index in [9.17, 15) is 9.59 Å². The van der Waals surface area contributed by atoms with Crippen LogP contribution >= 0.6 is 0 Å². The Morgan fingerprint density at radius 3 is 1.45 bits per heavy atom. The summed E-state index contributed by atoms with van der Waals surface area (Å²) < 4.78 is 37.4. The summed E-state index contributed by atoms with van der Waals surface area (Å²) in [7, 11) is 10.4. The minimum atomic E-state index is -0.869. The Morgan fingerprint density at radius 1 is 0.604 bits per heavy atom. The van der Waals surface area contributed by atoms with Gasteiger partial charge in [-0.25, -0.2) is 0 Å². The molecule has 0 aromatic heterocycles. The topological polar surface area (TPSA) is 89.5 Å². The maximum absolute atomic E-state index is 14.7. The number of benzene rings is 3. The van der Waals surface area contributed by atoms with E-state index in [-0.39, 0.29) is 70.1 Å². The van der Waals surface area contributed by atoms with Crippen LogP contribution < -0.4 is 9.47 Å². The fourth-order valence-corrected chi connectivity index (χ4v) is 18.2. The summed E-state index contributed by atoms with van der Waals surface area (Å²) in [5.41, 5.74) is 0.440. The van der Waals surface area contributed by atoms with E-state index >= 15 is 0 Å². The normalized spacial score (nSPS) is 47.1. The maximum Gasteiger partial charge on any atom is 0.313 e. The van der Waals surface area contributed by atoms with Crippen LogP contribution in [-0.2, 0) is 28.5 Å². The number of carbonyl (C=O) groups excluding carboxylic acids is 2. The van der Waals surface area contributed by atoms with Crippen molar-refractivity contribution in [1.82, 2.24) is 0 Å². The smallest absolute Gasteiger partial charge is 0.313 e. The molecule has 9 aliphatic rings. The quantitative estimate of drug-likeness (QED) is 0.0830. The van der Waals surface area contributed by atoms with Crippen molar-refractivity contribution in [2.24, 2.45) is 80.8 Å². The number of hydrogen-bond acceptors (Lipinski definition) is 8. The number of allylic oxidation sites excluding steroid dienone is 2. The largest absolute Gasteiger partial charge is 0.496 e. The first-order valence-electron chi connectivity index (χ1n) is 19.8. The predicted molar refractivity (Wildman–Crippen MR) is 195 cm³/mol. The molecule has 0 unspecified atom stereocenters. The third-order valence-corrected chi connectivity index (χ3v) is 18.3. The molecule has 6 bridgehead atoms. The zero-order valence-corrected chi connectivity index (χ0v) is 31.3. The lowest BCUT2D eigenvalue weighted by Gasteiger charge is -2.86. The van der Waals surface area contributed by atoms with Gasteiger partial charge in [-0.15, -0.1) is 0 Å². The molecule has 0 heterocycles. The highest BCUT2D eigenvalue weighted by Gasteiger charge is 3.02. The van der Waals surface area contributed by atoms with E-state index in [2.05, 4.69) is 48.6 Å². The second-order valence-corrected chi connectivity index (χ2v) is 18.3. The van der Waals surface area contributed by atoms with Gasteiger partial charge < -0.3 is 28.4 Å². The van der Waals surface area contributed by atoms with Gasteiger partial charge in [-0.3, -0.25) is 9.59 Å². The maximum atomic E-state index is 14.7. The third kappa shape index (κ3) is 2.75. The van der Waals surface area contributed by atoms with Gasteiger partial charge in [-0.1, -0.05) is 36.4 Å². The Balaban J connectivity index is 1.09. The molecule has 3 aromatic carbocycles. The summed E-state index contributed by atoms with van der Waals surface area (Å²) in [6, 6.07) is 13.1. The number of hydrogen-bond donors (Lipinski definition) is 0. The standard InChI is InChI=1S/C45H48O8/c1-48-18-42-28-17-29(37-36(28)44(40(46)52-5)32-22-11-12-23(13-22)33(32)45(37,44)41(47)53-6)43(42,19-49-2)35-27-16-26(34(35)42)30-31(27)39(51-4)25-15-21-10-8-7-9-20(21)14-24(25)38(30)50-3/h7-12,14-15,22-23,26-29,32-37H,13,16-19H2,1-6H3/t22-,23+,26-,27+,28+,29-,32+,33-,34-,35+,36-,37+,42+,43-,44+,45-. The molecule has 9 aliphatic carbocycles. The Bertz CT molecular complexity index is 2080. The summed E-state index contributed by atoms with van der Waals surface area (Å²) in [6.07, 6.45) is 7.69. The van der Waals surface area contributed by atoms with Crippen molar-refractivity contribution in [3.05, 3.63) is 59.7 Å². The highest BCUT2D eigenvalue weighted by molar-refractivity contribution is 6.06. The van der Waals surface area contributed by atoms with Crippen molar-refractivity contribution in [1.29, 1.82) is 0 Å². The van der Waals surface area contributed by atoms with E-state index < -0.39 is 10.8 Å². The predicted octanol–water partition coefficient (Wildman–Crippen LogP) is 6.77. The lowest BCUT2D eigenvalue weighted by atomic mass is 9.15. The van der Waals surface area contributed by atoms with E-state index in [1.807, 2.05) is 28.4 Å². The van der Waals surface area contributed by atoms with E-state index in [1.54, 1.807) is 0 Å². The molecule has 12 rings (SSSR count). The molecule has 53 heavy (non-hydrogen) atoms. The number of ether oxygens (including phenoxy) is 6. The molecule has 7 fully saturated rings. The molecule has 0 saturated heterocycles. The minimum absolute atomic E-state index is 0.0483. The lowest BCUT2D eigenvalue weighted by Crippen LogP contribution is -2.91. The number of rotatable bonds is 8. The fraction of sp³-hybridized carbons (Fsp3) is 0.600. The first-order chi connectivity index (χ1) is 25.8. The van der Waals surface area contributed by atoms with Gasteiger partial charge in [-0.2, -0.15) is 0 Å². The number of fused-ring (bicyclic) bond motifs is 30. The van der Waals surface area contributed by atoms with E-state index in [0.717, 1.165) is 41.5 Å². The van der Waals surface area contributed by atoms with Crippen LogP contribution in [0.3, 0.4) is 0 Å². The van der Waals surface area contributed by atoms with E-state index in [1.165, 1.54) is 36.1 Å². The van der Waals surface area contributed by atoms with E-state index in [0.29, 0.717) is 36.9 Å². The molecule has 0 aliphatic heterocycles. The molecule has 0 amide bonds. The molecule has 0 N–H and O–H groups in total. The molecule has 8 nitrogen and oxygen atoms in total. The summed E-state index contributed by atoms with van der Waals surface area (Å²) in [6.45, 7) is 1.22. The van der Waals surface area contributed by atoms with Crippen LogP contribution in [0, 0.1) is 80.8 Å². The first kappa shape index (κ1) is 31.7. The number of carbonyl (C=O) groups is 2. The fourth-order valence-electron chi connectivity index (χ4n) is 18.2. The van der Waals surface area contributed by atoms with Crippen molar-refractivity contribution in [3.8, 4) is 11.5 Å². The zero-order valence-electron chi connectivity index (χ0n) is 31.3.